The van der Waals surface area contributed by atoms with Crippen LogP contribution < -0.4 is 14.4 Å². The van der Waals surface area contributed by atoms with Gasteiger partial charge in [-0.3, -0.25) is 14.4 Å². The van der Waals surface area contributed by atoms with E-state index in [9.17, 15) is 40.7 Å². The number of aryl methyl sites for hydroxylation is 1. The van der Waals surface area contributed by atoms with Crippen LogP contribution in [0, 0.1) is 18.2 Å². The van der Waals surface area contributed by atoms with E-state index in [1.54, 1.807) is 0 Å². The van der Waals surface area contributed by atoms with Gasteiger partial charge in [0.1, 0.15) is 17.7 Å². The molecule has 2 N–H and O–H groups in total. The van der Waals surface area contributed by atoms with Gasteiger partial charge in [-0.25, -0.2) is 17.6 Å². The smallest absolute Gasteiger partial charge is 0.427 e. The van der Waals surface area contributed by atoms with Gasteiger partial charge >= 0.3 is 18.2 Å². The molecular weight excluding hydrogens is 560 g/mol. The Bertz CT molecular complexity index is 1440. The summed E-state index contributed by atoms with van der Waals surface area (Å²) in [6.07, 6.45) is -5.44. The summed E-state index contributed by atoms with van der Waals surface area (Å²) in [6, 6.07) is 7.13. The van der Waals surface area contributed by atoms with E-state index in [0.717, 1.165) is 22.5 Å². The highest BCUT2D eigenvalue weighted by atomic mass is 32.2. The monoisotopic (exact) mass is 588 g/mol. The molecule has 1 unspecified atom stereocenters. The van der Waals surface area contributed by atoms with Crippen molar-refractivity contribution >= 4 is 33.5 Å². The Labute approximate surface area is 228 Å². The molecule has 218 valence electrons. The largest absolute Gasteiger partial charge is 0.486 e. The lowest BCUT2D eigenvalue weighted by atomic mass is 9.97. The molecule has 0 spiro atoms. The fraction of sp³-hybridized carbons (Fsp3) is 0.462. The fourth-order valence-corrected chi connectivity index (χ4v) is 5.85. The number of ether oxygens (including phenoxy) is 2. The van der Waals surface area contributed by atoms with Gasteiger partial charge in [-0.15, -0.1) is 0 Å². The number of carbonyl (C=O) groups is 2. The highest BCUT2D eigenvalue weighted by molar-refractivity contribution is 7.92. The van der Waals surface area contributed by atoms with Gasteiger partial charge in [0, 0.05) is 5.69 Å². The first kappa shape index (κ1) is 29.4. The van der Waals surface area contributed by atoms with E-state index in [4.69, 9.17) is 4.74 Å². The summed E-state index contributed by atoms with van der Waals surface area (Å²) in [4.78, 5) is 23.6. The van der Waals surface area contributed by atoms with Crippen LogP contribution in [0.5, 0.6) is 5.75 Å². The predicted molar refractivity (Wildman–Crippen MR) is 135 cm³/mol. The molecule has 4 rings (SSSR count). The number of fused-ring (bicyclic) bond motifs is 1. The first-order valence-corrected chi connectivity index (χ1v) is 13.8. The van der Waals surface area contributed by atoms with Gasteiger partial charge in [0.25, 0.3) is 10.0 Å². The second kappa shape index (κ2) is 10.1. The number of halogens is 4. The minimum absolute atomic E-state index is 0.0227. The molecule has 2 aromatic carbocycles. The molecule has 0 radical (unpaired) electrons. The maximum Gasteiger partial charge on any atom is 0.427 e. The molecule has 14 heteroatoms. The molecule has 1 heterocycles. The number of carbonyl (C=O) groups excluding carboxylic acids is 1. The van der Waals surface area contributed by atoms with Crippen molar-refractivity contribution in [2.45, 2.75) is 69.2 Å². The maximum atomic E-state index is 13.9. The number of alkyl halides is 3. The quantitative estimate of drug-likeness (QED) is 0.384. The number of nitrogens with zero attached hydrogens (tertiary/aromatic N) is 1. The summed E-state index contributed by atoms with van der Waals surface area (Å²) in [6.45, 7) is 2.54. The zero-order valence-electron chi connectivity index (χ0n) is 21.8. The summed E-state index contributed by atoms with van der Waals surface area (Å²) in [5, 5.41) is 11.7. The number of amides is 1. The molecule has 1 saturated carbocycles. The first-order chi connectivity index (χ1) is 18.4. The van der Waals surface area contributed by atoms with Crippen LogP contribution in [-0.2, 0) is 19.6 Å². The number of anilines is 2. The Hall–Kier alpha value is -3.55. The van der Waals surface area contributed by atoms with Crippen molar-refractivity contribution in [2.24, 2.45) is 5.41 Å². The van der Waals surface area contributed by atoms with Gasteiger partial charge in [0.05, 0.1) is 22.5 Å². The normalized spacial score (nSPS) is 18.4. The highest BCUT2D eigenvalue weighted by Gasteiger charge is 2.51. The van der Waals surface area contributed by atoms with E-state index < -0.39 is 51.2 Å². The molecule has 1 fully saturated rings. The van der Waals surface area contributed by atoms with Crippen LogP contribution in [0.25, 0.3) is 0 Å². The van der Waals surface area contributed by atoms with Crippen LogP contribution in [0.2, 0.25) is 0 Å². The average Bonchev–Trinajstić information content (AvgIpc) is 3.64. The number of carboxylic acid groups (broad SMARTS) is 1. The molecule has 1 aliphatic carbocycles. The standard InChI is InChI=1S/C26H28F4N2O7S/c1-15-12-18(5-6-19(15)27)40(36,37)32-14-17(8-9-25(10-11-25)22(33)34)38-21-7-4-16(13-20(21)32)31-23(35)39-24(2,3)26(28,29)30/h4-7,12-13,17H,8-11,14H2,1-3H3,(H,31,35)(H,33,34). The topological polar surface area (TPSA) is 122 Å². The molecule has 40 heavy (non-hydrogen) atoms. The number of sulfonamides is 1. The SMILES string of the molecule is Cc1cc(S(=O)(=O)N2CC(CCC3(C(=O)O)CC3)Oc3ccc(NC(=O)OC(C)(C)C(F)(F)F)cc32)ccc1F. The predicted octanol–water partition coefficient (Wildman–Crippen LogP) is 5.62. The Balaban J connectivity index is 1.65. The minimum atomic E-state index is -4.83. The van der Waals surface area contributed by atoms with Crippen molar-refractivity contribution in [1.29, 1.82) is 0 Å². The van der Waals surface area contributed by atoms with E-state index in [-0.39, 0.29) is 47.0 Å². The lowest BCUT2D eigenvalue weighted by Gasteiger charge is -2.36. The van der Waals surface area contributed by atoms with Crippen molar-refractivity contribution in [2.75, 3.05) is 16.2 Å². The van der Waals surface area contributed by atoms with Crippen LogP contribution >= 0.6 is 0 Å². The molecule has 2 aromatic rings. The number of carboxylic acids is 1. The van der Waals surface area contributed by atoms with E-state index in [1.165, 1.54) is 25.1 Å². The van der Waals surface area contributed by atoms with Gasteiger partial charge in [-0.2, -0.15) is 13.2 Å². The molecule has 9 nitrogen and oxygen atoms in total. The molecule has 0 saturated heterocycles. The fourth-order valence-electron chi connectivity index (χ4n) is 4.26. The Morgan fingerprint density at radius 3 is 2.42 bits per heavy atom. The number of rotatable bonds is 8. The lowest BCUT2D eigenvalue weighted by molar-refractivity contribution is -0.242. The number of aliphatic carboxylic acids is 1. The van der Waals surface area contributed by atoms with E-state index in [1.807, 2.05) is 0 Å². The summed E-state index contributed by atoms with van der Waals surface area (Å²) in [5.41, 5.74) is -3.65. The van der Waals surface area contributed by atoms with E-state index >= 15 is 0 Å². The second-order valence-corrected chi connectivity index (χ2v) is 12.4. The number of hydrogen-bond acceptors (Lipinski definition) is 6. The van der Waals surface area contributed by atoms with Gasteiger partial charge in [-0.1, -0.05) is 0 Å². The number of nitrogens with one attached hydrogen (secondary N) is 1. The van der Waals surface area contributed by atoms with Crippen molar-refractivity contribution < 1.29 is 50.1 Å². The molecular formula is C26H28F4N2O7S. The van der Waals surface area contributed by atoms with Crippen LogP contribution in [0.3, 0.4) is 0 Å². The third-order valence-corrected chi connectivity index (χ3v) is 8.91. The Kier molecular flexibility index (Phi) is 7.45. The molecule has 1 amide bonds. The van der Waals surface area contributed by atoms with Crippen LogP contribution in [-0.4, -0.2) is 50.0 Å². The molecule has 0 aromatic heterocycles. The Morgan fingerprint density at radius 1 is 1.18 bits per heavy atom. The maximum absolute atomic E-state index is 13.9. The zero-order chi connectivity index (χ0) is 29.7. The third-order valence-electron chi connectivity index (χ3n) is 7.14. The molecule has 0 bridgehead atoms. The summed E-state index contributed by atoms with van der Waals surface area (Å²) in [7, 11) is -4.32. The van der Waals surface area contributed by atoms with E-state index in [0.29, 0.717) is 26.7 Å². The summed E-state index contributed by atoms with van der Waals surface area (Å²) in [5.74, 6) is -1.44. The average molecular weight is 589 g/mol. The number of benzene rings is 2. The molecule has 1 aliphatic heterocycles. The van der Waals surface area contributed by atoms with E-state index in [2.05, 4.69) is 10.1 Å². The van der Waals surface area contributed by atoms with Crippen molar-refractivity contribution in [3.05, 3.63) is 47.8 Å². The van der Waals surface area contributed by atoms with Crippen molar-refractivity contribution in [3.8, 4) is 5.75 Å². The summed E-state index contributed by atoms with van der Waals surface area (Å²) < 4.78 is 92.2. The molecule has 2 aliphatic rings. The first-order valence-electron chi connectivity index (χ1n) is 12.3. The number of hydrogen-bond donors (Lipinski definition) is 2. The van der Waals surface area contributed by atoms with Crippen LogP contribution in [0.4, 0.5) is 33.7 Å². The Morgan fingerprint density at radius 2 is 1.85 bits per heavy atom. The van der Waals surface area contributed by atoms with Gasteiger partial charge in [0.15, 0.2) is 0 Å². The van der Waals surface area contributed by atoms with Crippen molar-refractivity contribution in [1.82, 2.24) is 0 Å². The third kappa shape index (κ3) is 5.81. The summed E-state index contributed by atoms with van der Waals surface area (Å²) >= 11 is 0. The minimum Gasteiger partial charge on any atom is -0.486 e. The van der Waals surface area contributed by atoms with Crippen molar-refractivity contribution in [3.63, 3.8) is 0 Å². The molecule has 1 atom stereocenters. The van der Waals surface area contributed by atoms with Gasteiger partial charge in [-0.05, 0) is 88.4 Å². The zero-order valence-corrected chi connectivity index (χ0v) is 22.7. The van der Waals surface area contributed by atoms with Crippen LogP contribution in [0.1, 0.15) is 45.1 Å². The van der Waals surface area contributed by atoms with Gasteiger partial charge in [0.2, 0.25) is 5.60 Å². The lowest BCUT2D eigenvalue weighted by Crippen LogP contribution is -2.44. The van der Waals surface area contributed by atoms with Gasteiger partial charge < -0.3 is 14.6 Å². The van der Waals surface area contributed by atoms with Crippen LogP contribution in [0.15, 0.2) is 41.3 Å². The highest BCUT2D eigenvalue weighted by Crippen LogP contribution is 2.51. The second-order valence-electron chi connectivity index (χ2n) is 10.5.